The summed E-state index contributed by atoms with van der Waals surface area (Å²) in [4.78, 5) is 13.5. The van der Waals surface area contributed by atoms with Gasteiger partial charge in [-0.05, 0) is 36.4 Å². The van der Waals surface area contributed by atoms with Crippen LogP contribution in [0.15, 0.2) is 48.5 Å². The van der Waals surface area contributed by atoms with Crippen molar-refractivity contribution in [2.45, 2.75) is 6.18 Å². The van der Waals surface area contributed by atoms with Crippen molar-refractivity contribution in [2.24, 2.45) is 0 Å². The molecule has 0 aliphatic carbocycles. The summed E-state index contributed by atoms with van der Waals surface area (Å²) in [5, 5.41) is 6.81. The lowest BCUT2D eigenvalue weighted by Crippen LogP contribution is -2.33. The molecule has 0 aliphatic heterocycles. The van der Waals surface area contributed by atoms with Crippen LogP contribution in [0, 0.1) is 11.6 Å². The van der Waals surface area contributed by atoms with E-state index >= 15 is 0 Å². The Morgan fingerprint density at radius 3 is 2.40 bits per heavy atom. The molecule has 0 N–H and O–H groups in total. The summed E-state index contributed by atoms with van der Waals surface area (Å²) in [6.07, 6.45) is -4.95. The van der Waals surface area contributed by atoms with Gasteiger partial charge in [-0.15, -0.1) is 5.10 Å². The van der Waals surface area contributed by atoms with Crippen molar-refractivity contribution < 1.29 is 31.5 Å². The molecule has 0 atom stereocenters. The van der Waals surface area contributed by atoms with E-state index in [1.54, 1.807) is 6.07 Å². The van der Waals surface area contributed by atoms with Gasteiger partial charge in [-0.2, -0.15) is 13.2 Å². The van der Waals surface area contributed by atoms with E-state index in [1.165, 1.54) is 25.2 Å². The highest BCUT2D eigenvalue weighted by Crippen LogP contribution is 2.33. The zero-order valence-corrected chi connectivity index (χ0v) is 15.5. The first kappa shape index (κ1) is 21.2. The van der Waals surface area contributed by atoms with E-state index in [-0.39, 0.29) is 24.6 Å². The zero-order valence-electron chi connectivity index (χ0n) is 15.5. The number of likely N-dealkylation sites (N-methyl/N-ethyl adjacent to an activating group) is 1. The smallest absolute Gasteiger partial charge is 0.435 e. The van der Waals surface area contributed by atoms with Crippen LogP contribution in [0.25, 0.3) is 5.69 Å². The Kier molecular flexibility index (Phi) is 5.99. The maximum absolute atomic E-state index is 13.6. The molecule has 1 amide bonds. The van der Waals surface area contributed by atoms with Gasteiger partial charge in [0.15, 0.2) is 23.0 Å². The first-order valence-electron chi connectivity index (χ1n) is 8.60. The maximum Gasteiger partial charge on any atom is 0.435 e. The number of amides is 1. The fourth-order valence-electron chi connectivity index (χ4n) is 2.58. The minimum atomic E-state index is -4.95. The van der Waals surface area contributed by atoms with Gasteiger partial charge < -0.3 is 9.64 Å². The molecule has 6 nitrogen and oxygen atoms in total. The molecule has 2 aromatic carbocycles. The number of rotatable bonds is 6. The molecule has 3 aromatic rings. The highest BCUT2D eigenvalue weighted by Gasteiger charge is 2.42. The number of para-hydroxylation sites is 1. The van der Waals surface area contributed by atoms with Crippen LogP contribution in [0.2, 0.25) is 0 Å². The van der Waals surface area contributed by atoms with Crippen LogP contribution >= 0.6 is 0 Å². The van der Waals surface area contributed by atoms with Crippen LogP contribution in [0.3, 0.4) is 0 Å². The number of alkyl halides is 3. The lowest BCUT2D eigenvalue weighted by molar-refractivity contribution is -0.143. The van der Waals surface area contributed by atoms with Crippen LogP contribution in [-0.2, 0) is 6.18 Å². The molecule has 0 saturated heterocycles. The molecular formula is C19H15F5N4O2. The predicted molar refractivity (Wildman–Crippen MR) is 95.2 cm³/mol. The monoisotopic (exact) mass is 426 g/mol. The molecule has 3 rings (SSSR count). The molecule has 0 fully saturated rings. The van der Waals surface area contributed by atoms with Crippen molar-refractivity contribution in [2.75, 3.05) is 20.2 Å². The quantitative estimate of drug-likeness (QED) is 0.564. The summed E-state index contributed by atoms with van der Waals surface area (Å²) < 4.78 is 73.2. The van der Waals surface area contributed by atoms with Crippen molar-refractivity contribution in [1.82, 2.24) is 19.9 Å². The SMILES string of the molecule is CN(CCOc1ccccc1F)C(=O)c1nnn(-c2ccc(F)cc2)c1C(F)(F)F. The van der Waals surface area contributed by atoms with Gasteiger partial charge in [0.25, 0.3) is 5.91 Å². The summed E-state index contributed by atoms with van der Waals surface area (Å²) in [6.45, 7) is -0.287. The molecule has 1 heterocycles. The van der Waals surface area contributed by atoms with Crippen LogP contribution in [-0.4, -0.2) is 46.0 Å². The summed E-state index contributed by atoms with van der Waals surface area (Å²) >= 11 is 0. The van der Waals surface area contributed by atoms with Gasteiger partial charge in [0, 0.05) is 7.05 Å². The Morgan fingerprint density at radius 2 is 1.77 bits per heavy atom. The number of aromatic nitrogens is 3. The van der Waals surface area contributed by atoms with E-state index < -0.39 is 35.1 Å². The number of ether oxygens (including phenoxy) is 1. The number of nitrogens with zero attached hydrogens (tertiary/aromatic N) is 4. The Balaban J connectivity index is 1.79. The summed E-state index contributed by atoms with van der Waals surface area (Å²) in [6, 6.07) is 9.69. The van der Waals surface area contributed by atoms with E-state index in [9.17, 15) is 26.7 Å². The van der Waals surface area contributed by atoms with Gasteiger partial charge in [0.2, 0.25) is 0 Å². The van der Waals surface area contributed by atoms with Crippen LogP contribution in [0.1, 0.15) is 16.2 Å². The second-order valence-corrected chi connectivity index (χ2v) is 6.18. The van der Waals surface area contributed by atoms with Crippen molar-refractivity contribution in [3.8, 4) is 11.4 Å². The molecule has 0 saturated carbocycles. The van der Waals surface area contributed by atoms with Crippen molar-refractivity contribution in [1.29, 1.82) is 0 Å². The Morgan fingerprint density at radius 1 is 1.10 bits per heavy atom. The first-order valence-corrected chi connectivity index (χ1v) is 8.60. The molecule has 1 aromatic heterocycles. The van der Waals surface area contributed by atoms with Gasteiger partial charge in [-0.1, -0.05) is 17.3 Å². The second-order valence-electron chi connectivity index (χ2n) is 6.18. The van der Waals surface area contributed by atoms with E-state index in [1.807, 2.05) is 0 Å². The van der Waals surface area contributed by atoms with Crippen molar-refractivity contribution >= 4 is 5.91 Å². The van der Waals surface area contributed by atoms with E-state index in [4.69, 9.17) is 4.74 Å². The third-order valence-electron chi connectivity index (χ3n) is 4.08. The third kappa shape index (κ3) is 4.56. The Bertz CT molecular complexity index is 1030. The van der Waals surface area contributed by atoms with Crippen LogP contribution in [0.5, 0.6) is 5.75 Å². The molecule has 0 unspecified atom stereocenters. The fourth-order valence-corrected chi connectivity index (χ4v) is 2.58. The molecule has 11 heteroatoms. The number of hydrogen-bond acceptors (Lipinski definition) is 4. The topological polar surface area (TPSA) is 60.2 Å². The van der Waals surface area contributed by atoms with E-state index in [0.29, 0.717) is 4.68 Å². The largest absolute Gasteiger partial charge is 0.489 e. The Hall–Kier alpha value is -3.50. The number of hydrogen-bond donors (Lipinski definition) is 0. The molecular weight excluding hydrogens is 411 g/mol. The average molecular weight is 426 g/mol. The standard InChI is InChI=1S/C19H15F5N4O2/c1-27(10-11-30-15-5-3-2-4-14(15)21)18(29)16-17(19(22,23)24)28(26-25-16)13-8-6-12(20)7-9-13/h2-9H,10-11H2,1H3. The minimum absolute atomic E-state index is 0.0448. The summed E-state index contributed by atoms with van der Waals surface area (Å²) in [5.41, 5.74) is -2.41. The molecule has 0 spiro atoms. The lowest BCUT2D eigenvalue weighted by atomic mass is 10.2. The van der Waals surface area contributed by atoms with Gasteiger partial charge in [0.05, 0.1) is 12.2 Å². The predicted octanol–water partition coefficient (Wildman–Crippen LogP) is 3.72. The van der Waals surface area contributed by atoms with Crippen LogP contribution < -0.4 is 4.74 Å². The van der Waals surface area contributed by atoms with E-state index in [0.717, 1.165) is 29.2 Å². The van der Waals surface area contributed by atoms with Gasteiger partial charge in [-0.3, -0.25) is 4.79 Å². The number of carbonyl (C=O) groups is 1. The normalized spacial score (nSPS) is 11.4. The first-order chi connectivity index (χ1) is 14.2. The molecule has 0 aliphatic rings. The highest BCUT2D eigenvalue weighted by molar-refractivity contribution is 5.93. The van der Waals surface area contributed by atoms with Crippen molar-refractivity contribution in [3.05, 3.63) is 71.6 Å². The molecule has 158 valence electrons. The Labute approximate surface area is 167 Å². The number of benzene rings is 2. The summed E-state index contributed by atoms with van der Waals surface area (Å²) in [7, 11) is 1.25. The number of carbonyl (C=O) groups excluding carboxylic acids is 1. The van der Waals surface area contributed by atoms with Gasteiger partial charge in [-0.25, -0.2) is 13.5 Å². The average Bonchev–Trinajstić information content (AvgIpc) is 3.15. The van der Waals surface area contributed by atoms with Gasteiger partial charge in [0.1, 0.15) is 12.4 Å². The van der Waals surface area contributed by atoms with Gasteiger partial charge >= 0.3 is 6.18 Å². The second kappa shape index (κ2) is 8.47. The lowest BCUT2D eigenvalue weighted by Gasteiger charge is -2.18. The fraction of sp³-hybridized carbons (Fsp3) is 0.211. The number of halogens is 5. The van der Waals surface area contributed by atoms with E-state index in [2.05, 4.69) is 10.3 Å². The summed E-state index contributed by atoms with van der Waals surface area (Å²) in [5.74, 6) is -2.34. The molecule has 30 heavy (non-hydrogen) atoms. The highest BCUT2D eigenvalue weighted by atomic mass is 19.4. The molecule has 0 bridgehead atoms. The maximum atomic E-state index is 13.6. The molecule has 0 radical (unpaired) electrons. The minimum Gasteiger partial charge on any atom is -0.489 e. The van der Waals surface area contributed by atoms with Crippen molar-refractivity contribution in [3.63, 3.8) is 0 Å². The van der Waals surface area contributed by atoms with Crippen LogP contribution in [0.4, 0.5) is 22.0 Å². The zero-order chi connectivity index (χ0) is 21.9. The third-order valence-corrected chi connectivity index (χ3v) is 4.08.